The molecule has 3 rings (SSSR count). The summed E-state index contributed by atoms with van der Waals surface area (Å²) in [5, 5.41) is 17.9. The van der Waals surface area contributed by atoms with Crippen LogP contribution in [0.5, 0.6) is 0 Å². The molecule has 0 radical (unpaired) electrons. The standard InChI is InChI=1S/C19H31N3O5/c1-13(23)22-7-5-14(6-8-22)20-11-19-18(24)4-3-16(26-19)9-15-10-17(12-25-2)27-21-15/h10,14,16,18-20,24H,3-9,11-12H2,1-2H3/t16-,18-,19+/m0/s1. The van der Waals surface area contributed by atoms with Gasteiger partial charge in [0.05, 0.1) is 24.0 Å². The minimum Gasteiger partial charge on any atom is -0.390 e. The molecule has 27 heavy (non-hydrogen) atoms. The van der Waals surface area contributed by atoms with Crippen LogP contribution in [0.3, 0.4) is 0 Å². The van der Waals surface area contributed by atoms with Crippen LogP contribution in [0.25, 0.3) is 0 Å². The van der Waals surface area contributed by atoms with Crippen molar-refractivity contribution in [3.8, 4) is 0 Å². The molecule has 152 valence electrons. The number of rotatable bonds is 7. The number of hydrogen-bond donors (Lipinski definition) is 2. The second kappa shape index (κ2) is 9.64. The summed E-state index contributed by atoms with van der Waals surface area (Å²) in [7, 11) is 1.62. The number of methoxy groups -OCH3 is 1. The van der Waals surface area contributed by atoms with Crippen LogP contribution in [-0.2, 0) is 27.3 Å². The third kappa shape index (κ3) is 5.75. The van der Waals surface area contributed by atoms with Crippen molar-refractivity contribution < 1.29 is 23.9 Å². The minimum absolute atomic E-state index is 0.0280. The van der Waals surface area contributed by atoms with E-state index in [4.69, 9.17) is 14.0 Å². The van der Waals surface area contributed by atoms with Crippen LogP contribution in [0.1, 0.15) is 44.1 Å². The Morgan fingerprint density at radius 3 is 2.85 bits per heavy atom. The van der Waals surface area contributed by atoms with Crippen LogP contribution < -0.4 is 5.32 Å². The molecule has 0 bridgehead atoms. The maximum Gasteiger partial charge on any atom is 0.219 e. The molecule has 8 heteroatoms. The molecule has 1 aromatic heterocycles. The quantitative estimate of drug-likeness (QED) is 0.723. The van der Waals surface area contributed by atoms with Crippen molar-refractivity contribution >= 4 is 5.91 Å². The Morgan fingerprint density at radius 2 is 2.15 bits per heavy atom. The molecule has 3 heterocycles. The first kappa shape index (κ1) is 20.3. The molecule has 0 unspecified atom stereocenters. The van der Waals surface area contributed by atoms with E-state index in [0.717, 1.165) is 44.5 Å². The van der Waals surface area contributed by atoms with Crippen molar-refractivity contribution in [1.82, 2.24) is 15.4 Å². The largest absolute Gasteiger partial charge is 0.390 e. The van der Waals surface area contributed by atoms with Crippen LogP contribution in [0.15, 0.2) is 10.6 Å². The third-order valence-corrected chi connectivity index (χ3v) is 5.46. The number of aromatic nitrogens is 1. The van der Waals surface area contributed by atoms with E-state index >= 15 is 0 Å². The van der Waals surface area contributed by atoms with Gasteiger partial charge >= 0.3 is 0 Å². The lowest BCUT2D eigenvalue weighted by Crippen LogP contribution is -2.50. The van der Waals surface area contributed by atoms with Gasteiger partial charge in [-0.05, 0) is 25.7 Å². The van der Waals surface area contributed by atoms with Crippen molar-refractivity contribution in [2.75, 3.05) is 26.7 Å². The first-order valence-electron chi connectivity index (χ1n) is 9.81. The van der Waals surface area contributed by atoms with E-state index in [0.29, 0.717) is 31.4 Å². The van der Waals surface area contributed by atoms with Crippen molar-refractivity contribution in [3.63, 3.8) is 0 Å². The van der Waals surface area contributed by atoms with Crippen LogP contribution in [0.2, 0.25) is 0 Å². The SMILES string of the molecule is COCc1cc(C[C@@H]2CC[C@H](O)[C@@H](CNC3CCN(C(C)=O)CC3)O2)no1. The predicted molar refractivity (Wildman–Crippen MR) is 98.1 cm³/mol. The van der Waals surface area contributed by atoms with E-state index in [2.05, 4.69) is 10.5 Å². The summed E-state index contributed by atoms with van der Waals surface area (Å²) >= 11 is 0. The van der Waals surface area contributed by atoms with E-state index in [1.807, 2.05) is 11.0 Å². The van der Waals surface area contributed by atoms with Crippen LogP contribution in [-0.4, -0.2) is 72.2 Å². The van der Waals surface area contributed by atoms with E-state index in [9.17, 15) is 9.90 Å². The van der Waals surface area contributed by atoms with Gasteiger partial charge in [-0.2, -0.15) is 0 Å². The smallest absolute Gasteiger partial charge is 0.219 e. The molecule has 0 saturated carbocycles. The summed E-state index contributed by atoms with van der Waals surface area (Å²) in [6.07, 6.45) is 3.43. The number of amides is 1. The fraction of sp³-hybridized carbons (Fsp3) is 0.789. The Hall–Kier alpha value is -1.48. The van der Waals surface area contributed by atoms with Gasteiger partial charge in [-0.15, -0.1) is 0 Å². The van der Waals surface area contributed by atoms with Crippen molar-refractivity contribution in [2.45, 2.75) is 70.0 Å². The number of hydrogen-bond acceptors (Lipinski definition) is 7. The minimum atomic E-state index is -0.451. The zero-order valence-electron chi connectivity index (χ0n) is 16.2. The molecule has 2 saturated heterocycles. The summed E-state index contributed by atoms with van der Waals surface area (Å²) in [6, 6.07) is 2.26. The fourth-order valence-corrected chi connectivity index (χ4v) is 3.86. The second-order valence-corrected chi connectivity index (χ2v) is 7.55. The number of aliphatic hydroxyl groups excluding tert-OH is 1. The molecule has 1 amide bonds. The zero-order valence-corrected chi connectivity index (χ0v) is 16.2. The van der Waals surface area contributed by atoms with Gasteiger partial charge in [0, 0.05) is 52.2 Å². The average Bonchev–Trinajstić information content (AvgIpc) is 3.10. The third-order valence-electron chi connectivity index (χ3n) is 5.46. The lowest BCUT2D eigenvalue weighted by molar-refractivity contribution is -0.130. The topological polar surface area (TPSA) is 97.1 Å². The van der Waals surface area contributed by atoms with E-state index in [1.54, 1.807) is 14.0 Å². The lowest BCUT2D eigenvalue weighted by atomic mass is 9.97. The highest BCUT2D eigenvalue weighted by molar-refractivity contribution is 5.73. The van der Waals surface area contributed by atoms with Crippen molar-refractivity contribution in [1.29, 1.82) is 0 Å². The van der Waals surface area contributed by atoms with E-state index in [-0.39, 0.29) is 18.1 Å². The van der Waals surface area contributed by atoms with Gasteiger partial charge in [-0.3, -0.25) is 4.79 Å². The molecule has 0 aromatic carbocycles. The summed E-state index contributed by atoms with van der Waals surface area (Å²) in [5.74, 6) is 0.849. The number of nitrogens with one attached hydrogen (secondary N) is 1. The molecule has 8 nitrogen and oxygen atoms in total. The Kier molecular flexibility index (Phi) is 7.23. The fourth-order valence-electron chi connectivity index (χ4n) is 3.86. The molecule has 0 spiro atoms. The number of piperidine rings is 1. The van der Waals surface area contributed by atoms with Gasteiger partial charge in [0.2, 0.25) is 5.91 Å². The highest BCUT2D eigenvalue weighted by Crippen LogP contribution is 2.23. The van der Waals surface area contributed by atoms with Crippen molar-refractivity contribution in [3.05, 3.63) is 17.5 Å². The molecule has 0 aliphatic carbocycles. The van der Waals surface area contributed by atoms with Gasteiger partial charge in [-0.25, -0.2) is 0 Å². The van der Waals surface area contributed by atoms with Gasteiger partial charge in [0.1, 0.15) is 6.61 Å². The first-order valence-corrected chi connectivity index (χ1v) is 9.81. The monoisotopic (exact) mass is 381 g/mol. The molecule has 2 N–H and O–H groups in total. The second-order valence-electron chi connectivity index (χ2n) is 7.55. The number of ether oxygens (including phenoxy) is 2. The maximum atomic E-state index is 11.4. The van der Waals surface area contributed by atoms with E-state index in [1.165, 1.54) is 0 Å². The summed E-state index contributed by atoms with van der Waals surface area (Å²) < 4.78 is 16.4. The number of aliphatic hydroxyl groups is 1. The van der Waals surface area contributed by atoms with Gasteiger partial charge in [0.15, 0.2) is 5.76 Å². The summed E-state index contributed by atoms with van der Waals surface area (Å²) in [5.41, 5.74) is 0.853. The number of nitrogens with zero attached hydrogens (tertiary/aromatic N) is 2. The number of likely N-dealkylation sites (tertiary alicyclic amines) is 1. The molecular formula is C19H31N3O5. The number of carbonyl (C=O) groups excluding carboxylic acids is 1. The molecule has 2 fully saturated rings. The van der Waals surface area contributed by atoms with Crippen LogP contribution in [0, 0.1) is 0 Å². The lowest BCUT2D eigenvalue weighted by Gasteiger charge is -2.36. The van der Waals surface area contributed by atoms with Gasteiger partial charge in [0.25, 0.3) is 0 Å². The maximum absolute atomic E-state index is 11.4. The highest BCUT2D eigenvalue weighted by atomic mass is 16.5. The normalized spacial score (nSPS) is 27.1. The zero-order chi connectivity index (χ0) is 19.2. The van der Waals surface area contributed by atoms with E-state index < -0.39 is 6.10 Å². The number of carbonyl (C=O) groups is 1. The van der Waals surface area contributed by atoms with Crippen molar-refractivity contribution in [2.24, 2.45) is 0 Å². The predicted octanol–water partition coefficient (Wildman–Crippen LogP) is 0.873. The molecule has 1 aromatic rings. The molecule has 2 aliphatic rings. The van der Waals surface area contributed by atoms with Gasteiger partial charge in [-0.1, -0.05) is 5.16 Å². The Bertz CT molecular complexity index is 600. The summed E-state index contributed by atoms with van der Waals surface area (Å²) in [6.45, 7) is 4.23. The van der Waals surface area contributed by atoms with Gasteiger partial charge < -0.3 is 29.3 Å². The molecular weight excluding hydrogens is 350 g/mol. The van der Waals surface area contributed by atoms with Crippen LogP contribution in [0.4, 0.5) is 0 Å². The first-order chi connectivity index (χ1) is 13.0. The Labute approximate surface area is 160 Å². The summed E-state index contributed by atoms with van der Waals surface area (Å²) in [4.78, 5) is 13.3. The molecule has 3 atom stereocenters. The highest BCUT2D eigenvalue weighted by Gasteiger charge is 2.31. The molecule has 2 aliphatic heterocycles. The Balaban J connectivity index is 1.43. The average molecular weight is 381 g/mol. The van der Waals surface area contributed by atoms with Crippen LogP contribution >= 0.6 is 0 Å². The Morgan fingerprint density at radius 1 is 1.37 bits per heavy atom.